The predicted molar refractivity (Wildman–Crippen MR) is 66.9 cm³/mol. The maximum Gasteiger partial charge on any atom is 0.478 e. The van der Waals surface area contributed by atoms with E-state index in [1.807, 2.05) is 0 Å². The SMILES string of the molecule is CCCC(C[N+](=O)[O-])O[N+](=O)OC(CCC)C[N+](=O)[O-]. The molecule has 0 rings (SSSR count). The third kappa shape index (κ3) is 9.00. The van der Waals surface area contributed by atoms with E-state index in [2.05, 4.69) is 0 Å². The fourth-order valence-corrected chi connectivity index (χ4v) is 1.60. The van der Waals surface area contributed by atoms with Crippen molar-refractivity contribution >= 4 is 0 Å². The molecule has 0 amide bonds. The summed E-state index contributed by atoms with van der Waals surface area (Å²) in [6.07, 6.45) is 0.00281. The fourth-order valence-electron chi connectivity index (χ4n) is 1.60. The van der Waals surface area contributed by atoms with Gasteiger partial charge in [-0.05, 0) is 12.8 Å². The summed E-state index contributed by atoms with van der Waals surface area (Å²) in [7, 11) is 0. The van der Waals surface area contributed by atoms with Crippen LogP contribution in [0.15, 0.2) is 0 Å². The Morgan fingerprint density at radius 2 is 1.20 bits per heavy atom. The van der Waals surface area contributed by atoms with E-state index < -0.39 is 35.1 Å². The summed E-state index contributed by atoms with van der Waals surface area (Å²) >= 11 is 0. The quantitative estimate of drug-likeness (QED) is 0.394. The normalized spacial score (nSPS) is 13.3. The van der Waals surface area contributed by atoms with Crippen molar-refractivity contribution in [1.29, 1.82) is 0 Å². The van der Waals surface area contributed by atoms with Gasteiger partial charge in [-0.25, -0.2) is 0 Å². The van der Waals surface area contributed by atoms with Crippen molar-refractivity contribution in [1.82, 2.24) is 0 Å². The Hall–Kier alpha value is -2.00. The average molecular weight is 294 g/mol. The second-order valence-corrected chi connectivity index (χ2v) is 4.29. The zero-order chi connectivity index (χ0) is 15.5. The van der Waals surface area contributed by atoms with Crippen LogP contribution < -0.4 is 0 Å². The summed E-state index contributed by atoms with van der Waals surface area (Å²) in [5.41, 5.74) is 0. The van der Waals surface area contributed by atoms with E-state index in [0.29, 0.717) is 25.7 Å². The summed E-state index contributed by atoms with van der Waals surface area (Å²) in [4.78, 5) is 40.6. The molecule has 0 radical (unpaired) electrons. The Morgan fingerprint density at radius 3 is 1.45 bits per heavy atom. The Morgan fingerprint density at radius 1 is 0.850 bits per heavy atom. The van der Waals surface area contributed by atoms with Gasteiger partial charge in [0.2, 0.25) is 25.3 Å². The first-order valence-electron chi connectivity index (χ1n) is 6.43. The van der Waals surface area contributed by atoms with Gasteiger partial charge in [-0.2, -0.15) is 9.68 Å². The summed E-state index contributed by atoms with van der Waals surface area (Å²) in [6.45, 7) is 2.53. The van der Waals surface area contributed by atoms with Crippen LogP contribution in [-0.2, 0) is 9.68 Å². The van der Waals surface area contributed by atoms with E-state index in [1.165, 1.54) is 0 Å². The molecule has 0 aromatic carbocycles. The zero-order valence-corrected chi connectivity index (χ0v) is 11.6. The Labute approximate surface area is 115 Å². The molecule has 0 bridgehead atoms. The van der Waals surface area contributed by atoms with Crippen LogP contribution in [0.2, 0.25) is 0 Å². The molecule has 0 aliphatic carbocycles. The maximum atomic E-state index is 11.4. The maximum absolute atomic E-state index is 11.4. The molecule has 0 aliphatic rings. The standard InChI is InChI=1S/C10H20N3O7/c1-3-5-9(7-11(14)15)19-13(18)20-10(6-4-2)8-12(16)17/h9-10H,3-8H2,1-2H3/q+1. The molecule has 20 heavy (non-hydrogen) atoms. The van der Waals surface area contributed by atoms with Gasteiger partial charge in [0.05, 0.1) is 0 Å². The second kappa shape index (κ2) is 9.87. The monoisotopic (exact) mass is 294 g/mol. The van der Waals surface area contributed by atoms with Crippen molar-refractivity contribution in [2.45, 2.75) is 51.7 Å². The fraction of sp³-hybridized carbons (Fsp3) is 1.00. The highest BCUT2D eigenvalue weighted by atomic mass is 17.0. The van der Waals surface area contributed by atoms with Crippen molar-refractivity contribution in [2.24, 2.45) is 0 Å². The van der Waals surface area contributed by atoms with Crippen LogP contribution in [0.3, 0.4) is 0 Å². The smallest absolute Gasteiger partial charge is 0.264 e. The van der Waals surface area contributed by atoms with Gasteiger partial charge in [-0.3, -0.25) is 20.2 Å². The van der Waals surface area contributed by atoms with E-state index >= 15 is 0 Å². The molecule has 0 saturated carbocycles. The van der Waals surface area contributed by atoms with Crippen LogP contribution in [0.5, 0.6) is 0 Å². The van der Waals surface area contributed by atoms with Crippen molar-refractivity contribution in [2.75, 3.05) is 13.1 Å². The molecule has 10 nitrogen and oxygen atoms in total. The van der Waals surface area contributed by atoms with E-state index in [9.17, 15) is 25.1 Å². The molecule has 0 spiro atoms. The van der Waals surface area contributed by atoms with Gasteiger partial charge in [-0.15, -0.1) is 0 Å². The molecule has 0 aromatic rings. The lowest BCUT2D eigenvalue weighted by Gasteiger charge is -2.07. The van der Waals surface area contributed by atoms with Gasteiger partial charge in [-0.1, -0.05) is 26.7 Å². The number of rotatable bonds is 12. The lowest BCUT2D eigenvalue weighted by atomic mass is 10.2. The Kier molecular flexibility index (Phi) is 8.88. The van der Waals surface area contributed by atoms with Crippen molar-refractivity contribution in [3.8, 4) is 0 Å². The summed E-state index contributed by atoms with van der Waals surface area (Å²) in [5, 5.41) is 20.6. The molecule has 0 fully saturated rings. The van der Waals surface area contributed by atoms with Gasteiger partial charge >= 0.3 is 5.09 Å². The zero-order valence-electron chi connectivity index (χ0n) is 11.6. The number of hydrogen-bond donors (Lipinski definition) is 0. The largest absolute Gasteiger partial charge is 0.478 e. The van der Waals surface area contributed by atoms with Crippen LogP contribution in [0.1, 0.15) is 39.5 Å². The van der Waals surface area contributed by atoms with Crippen LogP contribution in [-0.4, -0.2) is 40.2 Å². The minimum atomic E-state index is -0.912. The Balaban J connectivity index is 4.38. The molecule has 0 aromatic heterocycles. The minimum absolute atomic E-state index is 0.242. The van der Waals surface area contributed by atoms with E-state index in [4.69, 9.17) is 9.68 Å². The van der Waals surface area contributed by atoms with Crippen molar-refractivity contribution in [3.63, 3.8) is 0 Å². The summed E-state index contributed by atoms with van der Waals surface area (Å²) in [6, 6.07) is 0. The van der Waals surface area contributed by atoms with Crippen LogP contribution in [0, 0.1) is 25.1 Å². The third-order valence-electron chi connectivity index (χ3n) is 2.40. The number of nitrogens with zero attached hydrogens (tertiary/aromatic N) is 3. The first kappa shape index (κ1) is 18.0. The second-order valence-electron chi connectivity index (χ2n) is 4.29. The topological polar surface area (TPSA) is 125 Å². The number of nitro groups is 2. The summed E-state index contributed by atoms with van der Waals surface area (Å²) < 4.78 is 0. The van der Waals surface area contributed by atoms with Gasteiger partial charge in [0.25, 0.3) is 0 Å². The lowest BCUT2D eigenvalue weighted by molar-refractivity contribution is -0.995. The molecule has 0 saturated heterocycles. The molecular weight excluding hydrogens is 274 g/mol. The van der Waals surface area contributed by atoms with Gasteiger partial charge in [0.15, 0.2) is 0 Å². The highest BCUT2D eigenvalue weighted by Crippen LogP contribution is 2.07. The molecule has 10 heteroatoms. The van der Waals surface area contributed by atoms with Gasteiger partial charge < -0.3 is 0 Å². The van der Waals surface area contributed by atoms with Gasteiger partial charge in [0, 0.05) is 9.85 Å². The molecule has 116 valence electrons. The third-order valence-corrected chi connectivity index (χ3v) is 2.40. The first-order valence-corrected chi connectivity index (χ1v) is 6.43. The van der Waals surface area contributed by atoms with E-state index in [0.717, 1.165) is 0 Å². The van der Waals surface area contributed by atoms with E-state index in [-0.39, 0.29) is 5.09 Å². The molecule has 2 unspecified atom stereocenters. The first-order chi connectivity index (χ1) is 9.38. The molecular formula is C10H20N3O7+. The summed E-state index contributed by atoms with van der Waals surface area (Å²) in [5.74, 6) is 0. The van der Waals surface area contributed by atoms with Crippen LogP contribution in [0.25, 0.3) is 0 Å². The average Bonchev–Trinajstić information content (AvgIpc) is 2.27. The molecule has 2 atom stereocenters. The van der Waals surface area contributed by atoms with Crippen molar-refractivity contribution < 1.29 is 24.6 Å². The van der Waals surface area contributed by atoms with Crippen LogP contribution in [0.4, 0.5) is 0 Å². The van der Waals surface area contributed by atoms with E-state index in [1.54, 1.807) is 13.8 Å². The van der Waals surface area contributed by atoms with Crippen molar-refractivity contribution in [3.05, 3.63) is 25.1 Å². The Bertz CT molecular complexity index is 307. The highest BCUT2D eigenvalue weighted by molar-refractivity contribution is 4.53. The number of hydrogen-bond acceptors (Lipinski definition) is 7. The van der Waals surface area contributed by atoms with Crippen LogP contribution >= 0.6 is 0 Å². The molecule has 0 N–H and O–H groups in total. The highest BCUT2D eigenvalue weighted by Gasteiger charge is 2.31. The molecule has 0 aliphatic heterocycles. The predicted octanol–water partition coefficient (Wildman–Crippen LogP) is 1.52. The van der Waals surface area contributed by atoms with Gasteiger partial charge in [0.1, 0.15) is 4.91 Å². The lowest BCUT2D eigenvalue weighted by Crippen LogP contribution is -2.32. The minimum Gasteiger partial charge on any atom is -0.264 e. The molecule has 0 heterocycles.